The highest BCUT2D eigenvalue weighted by Crippen LogP contribution is 2.28. The number of carbonyl (C=O) groups is 1. The van der Waals surface area contributed by atoms with Crippen LogP contribution in [-0.2, 0) is 17.6 Å². The Morgan fingerprint density at radius 3 is 2.39 bits per heavy atom. The smallest absolute Gasteiger partial charge is 0.261 e. The lowest BCUT2D eigenvalue weighted by atomic mass is 9.92. The van der Waals surface area contributed by atoms with Gasteiger partial charge in [0.2, 0.25) is 0 Å². The molecule has 0 unspecified atom stereocenters. The number of nitrogens with one attached hydrogen (secondary N) is 1. The van der Waals surface area contributed by atoms with E-state index in [0.717, 1.165) is 35.3 Å². The van der Waals surface area contributed by atoms with Gasteiger partial charge in [-0.25, -0.2) is 0 Å². The predicted molar refractivity (Wildman–Crippen MR) is 125 cm³/mol. The Morgan fingerprint density at radius 1 is 0.935 bits per heavy atom. The van der Waals surface area contributed by atoms with Crippen LogP contribution >= 0.6 is 0 Å². The number of carbonyl (C=O) groups excluding carboxylic acids is 1. The molecule has 3 aromatic rings. The van der Waals surface area contributed by atoms with Crippen molar-refractivity contribution in [2.75, 3.05) is 0 Å². The number of rotatable bonds is 7. The van der Waals surface area contributed by atoms with Gasteiger partial charge in [0.15, 0.2) is 6.10 Å². The number of ether oxygens (including phenoxy) is 1. The van der Waals surface area contributed by atoms with E-state index in [2.05, 4.69) is 48.6 Å². The number of fused-ring (bicyclic) bond motifs is 1. The zero-order chi connectivity index (χ0) is 21.6. The van der Waals surface area contributed by atoms with Crippen LogP contribution in [0.15, 0.2) is 72.8 Å². The molecule has 1 N–H and O–H groups in total. The van der Waals surface area contributed by atoms with E-state index in [1.54, 1.807) is 0 Å². The zero-order valence-corrected chi connectivity index (χ0v) is 18.4. The minimum absolute atomic E-state index is 0.0858. The molecule has 0 saturated heterocycles. The maximum absolute atomic E-state index is 13.3. The molecule has 1 aliphatic carbocycles. The fourth-order valence-electron chi connectivity index (χ4n) is 4.40. The topological polar surface area (TPSA) is 38.3 Å². The lowest BCUT2D eigenvalue weighted by Gasteiger charge is -2.25. The average molecular weight is 414 g/mol. The Balaban J connectivity index is 1.55. The summed E-state index contributed by atoms with van der Waals surface area (Å²) >= 11 is 0. The van der Waals surface area contributed by atoms with Crippen LogP contribution in [0.3, 0.4) is 0 Å². The van der Waals surface area contributed by atoms with Crippen molar-refractivity contribution in [1.29, 1.82) is 0 Å². The van der Waals surface area contributed by atoms with E-state index in [0.29, 0.717) is 6.42 Å². The lowest BCUT2D eigenvalue weighted by Crippen LogP contribution is -2.40. The van der Waals surface area contributed by atoms with Gasteiger partial charge in [0, 0.05) is 0 Å². The highest BCUT2D eigenvalue weighted by molar-refractivity contribution is 5.82. The highest BCUT2D eigenvalue weighted by Gasteiger charge is 2.25. The molecule has 0 radical (unpaired) electrons. The number of hydrogen-bond acceptors (Lipinski definition) is 2. The van der Waals surface area contributed by atoms with Crippen molar-refractivity contribution in [1.82, 2.24) is 5.32 Å². The van der Waals surface area contributed by atoms with Gasteiger partial charge in [-0.15, -0.1) is 0 Å². The summed E-state index contributed by atoms with van der Waals surface area (Å²) < 4.78 is 6.18. The van der Waals surface area contributed by atoms with Crippen molar-refractivity contribution in [2.24, 2.45) is 0 Å². The first-order valence-electron chi connectivity index (χ1n) is 11.3. The predicted octanol–water partition coefficient (Wildman–Crippen LogP) is 5.94. The van der Waals surface area contributed by atoms with Crippen LogP contribution in [0.5, 0.6) is 5.75 Å². The SMILES string of the molecule is CC[C@@H](Oc1ccc2c(c1)CCCC2)C(=O)N[C@@H](c1ccccc1)c1ccccc1C. The van der Waals surface area contributed by atoms with Crippen molar-refractivity contribution < 1.29 is 9.53 Å². The second-order valence-electron chi connectivity index (χ2n) is 8.36. The van der Waals surface area contributed by atoms with Crippen molar-refractivity contribution in [3.8, 4) is 5.75 Å². The van der Waals surface area contributed by atoms with Crippen LogP contribution in [0.2, 0.25) is 0 Å². The van der Waals surface area contributed by atoms with Crippen LogP contribution in [0.1, 0.15) is 60.0 Å². The number of aryl methyl sites for hydroxylation is 3. The Labute approximate surface area is 185 Å². The Kier molecular flexibility index (Phi) is 6.71. The van der Waals surface area contributed by atoms with Crippen molar-refractivity contribution in [3.63, 3.8) is 0 Å². The van der Waals surface area contributed by atoms with Crippen molar-refractivity contribution in [3.05, 3.63) is 101 Å². The number of amides is 1. The molecule has 0 saturated carbocycles. The first kappa shape index (κ1) is 21.2. The van der Waals surface area contributed by atoms with Gasteiger partial charge in [-0.3, -0.25) is 4.79 Å². The molecule has 1 aliphatic rings. The molecule has 0 heterocycles. The Hall–Kier alpha value is -3.07. The zero-order valence-electron chi connectivity index (χ0n) is 18.4. The summed E-state index contributed by atoms with van der Waals surface area (Å²) in [4.78, 5) is 13.3. The van der Waals surface area contributed by atoms with Crippen LogP contribution in [-0.4, -0.2) is 12.0 Å². The normalized spacial score (nSPS) is 14.9. The lowest BCUT2D eigenvalue weighted by molar-refractivity contribution is -0.128. The largest absolute Gasteiger partial charge is 0.481 e. The summed E-state index contributed by atoms with van der Waals surface area (Å²) in [6, 6.07) is 24.4. The van der Waals surface area contributed by atoms with E-state index in [-0.39, 0.29) is 11.9 Å². The van der Waals surface area contributed by atoms with E-state index in [4.69, 9.17) is 4.74 Å². The molecule has 3 heteroatoms. The average Bonchev–Trinajstić information content (AvgIpc) is 2.82. The van der Waals surface area contributed by atoms with Gasteiger partial charge in [-0.2, -0.15) is 0 Å². The molecular weight excluding hydrogens is 382 g/mol. The quantitative estimate of drug-likeness (QED) is 0.521. The van der Waals surface area contributed by atoms with Gasteiger partial charge in [0.1, 0.15) is 5.75 Å². The number of hydrogen-bond donors (Lipinski definition) is 1. The summed E-state index contributed by atoms with van der Waals surface area (Å²) in [5.74, 6) is 0.701. The maximum Gasteiger partial charge on any atom is 0.261 e. The van der Waals surface area contributed by atoms with Gasteiger partial charge < -0.3 is 10.1 Å². The molecular formula is C28H31NO2. The maximum atomic E-state index is 13.3. The molecule has 31 heavy (non-hydrogen) atoms. The minimum Gasteiger partial charge on any atom is -0.481 e. The summed E-state index contributed by atoms with van der Waals surface area (Å²) in [6.45, 7) is 4.08. The first-order valence-corrected chi connectivity index (χ1v) is 11.3. The molecule has 3 aromatic carbocycles. The number of benzene rings is 3. The minimum atomic E-state index is -0.531. The monoisotopic (exact) mass is 413 g/mol. The molecule has 0 fully saturated rings. The van der Waals surface area contributed by atoms with E-state index < -0.39 is 6.10 Å². The van der Waals surface area contributed by atoms with Gasteiger partial charge in [0.25, 0.3) is 5.91 Å². The van der Waals surface area contributed by atoms with E-state index in [1.807, 2.05) is 43.3 Å². The molecule has 1 amide bonds. The van der Waals surface area contributed by atoms with E-state index in [9.17, 15) is 4.79 Å². The molecule has 2 atom stereocenters. The van der Waals surface area contributed by atoms with E-state index >= 15 is 0 Å². The Morgan fingerprint density at radius 2 is 1.65 bits per heavy atom. The molecule has 160 valence electrons. The third-order valence-electron chi connectivity index (χ3n) is 6.18. The van der Waals surface area contributed by atoms with Gasteiger partial charge in [-0.05, 0) is 79.0 Å². The highest BCUT2D eigenvalue weighted by atomic mass is 16.5. The van der Waals surface area contributed by atoms with Gasteiger partial charge >= 0.3 is 0 Å². The second-order valence-corrected chi connectivity index (χ2v) is 8.36. The second kappa shape index (κ2) is 9.82. The Bertz CT molecular complexity index is 1030. The molecule has 4 rings (SSSR count). The molecule has 0 aromatic heterocycles. The summed E-state index contributed by atoms with van der Waals surface area (Å²) in [5, 5.41) is 3.26. The van der Waals surface area contributed by atoms with Crippen LogP contribution in [0, 0.1) is 6.92 Å². The summed E-state index contributed by atoms with van der Waals surface area (Å²) in [7, 11) is 0. The summed E-state index contributed by atoms with van der Waals surface area (Å²) in [6.07, 6.45) is 4.80. The van der Waals surface area contributed by atoms with E-state index in [1.165, 1.54) is 24.0 Å². The first-order chi connectivity index (χ1) is 15.2. The molecule has 3 nitrogen and oxygen atoms in total. The van der Waals surface area contributed by atoms with Crippen LogP contribution < -0.4 is 10.1 Å². The molecule has 0 aliphatic heterocycles. The standard InChI is InChI=1S/C28H31NO2/c1-3-26(31-24-18-17-21-12-8-9-15-23(21)19-24)28(30)29-27(22-13-5-4-6-14-22)25-16-10-7-11-20(25)2/h4-7,10-11,13-14,16-19,26-27H,3,8-9,12,15H2,1-2H3,(H,29,30)/t26-,27+/m1/s1. The van der Waals surface area contributed by atoms with Gasteiger partial charge in [-0.1, -0.05) is 67.6 Å². The van der Waals surface area contributed by atoms with Crippen LogP contribution in [0.4, 0.5) is 0 Å². The van der Waals surface area contributed by atoms with Crippen molar-refractivity contribution >= 4 is 5.91 Å². The van der Waals surface area contributed by atoms with Gasteiger partial charge in [0.05, 0.1) is 6.04 Å². The molecule has 0 bridgehead atoms. The summed E-state index contributed by atoms with van der Waals surface area (Å²) in [5.41, 5.74) is 6.10. The fraction of sp³-hybridized carbons (Fsp3) is 0.321. The third-order valence-corrected chi connectivity index (χ3v) is 6.18. The third kappa shape index (κ3) is 4.99. The van der Waals surface area contributed by atoms with Crippen LogP contribution in [0.25, 0.3) is 0 Å². The fourth-order valence-corrected chi connectivity index (χ4v) is 4.40. The molecule has 0 spiro atoms. The van der Waals surface area contributed by atoms with Crippen molar-refractivity contribution in [2.45, 2.75) is 58.1 Å².